The number of nitrogens with one attached hydrogen (secondary N) is 1. The fraction of sp³-hybridized carbons (Fsp3) is 0.111. The normalized spacial score (nSPS) is 10.6. The van der Waals surface area contributed by atoms with Crippen LogP contribution in [0.1, 0.15) is 9.67 Å². The van der Waals surface area contributed by atoms with Gasteiger partial charge in [-0.1, -0.05) is 11.6 Å². The van der Waals surface area contributed by atoms with Crippen molar-refractivity contribution in [3.8, 4) is 5.75 Å². The Bertz CT molecular complexity index is 1130. The highest BCUT2D eigenvalue weighted by Gasteiger charge is 2.20. The van der Waals surface area contributed by atoms with Gasteiger partial charge in [-0.3, -0.25) is 14.9 Å². The van der Waals surface area contributed by atoms with Crippen molar-refractivity contribution in [2.75, 3.05) is 19.0 Å². The number of hydrogen-bond donors (Lipinski definition) is 1. The Hall–Kier alpha value is -3.24. The topological polar surface area (TPSA) is 108 Å². The largest absolute Gasteiger partial charge is 0.494 e. The number of nitrogens with zero attached hydrogens (tertiary/aromatic N) is 1. The van der Waals surface area contributed by atoms with Gasteiger partial charge in [0.05, 0.1) is 28.8 Å². The number of halogens is 2. The van der Waals surface area contributed by atoms with E-state index in [9.17, 15) is 24.1 Å². The number of non-ortho nitro benzene ring substituents is 1. The van der Waals surface area contributed by atoms with Gasteiger partial charge in [-0.05, 0) is 24.3 Å². The van der Waals surface area contributed by atoms with E-state index in [2.05, 4.69) is 5.32 Å². The number of fused-ring (bicyclic) bond motifs is 1. The SMILES string of the molecule is COc1cc([N+](=O)[O-])ccc1NC(=O)COC(=O)c1sc2cc(F)ccc2c1Cl. The maximum atomic E-state index is 13.3. The summed E-state index contributed by atoms with van der Waals surface area (Å²) in [6.07, 6.45) is 0. The molecule has 0 aliphatic heterocycles. The molecule has 1 amide bonds. The monoisotopic (exact) mass is 438 g/mol. The minimum absolute atomic E-state index is 0.0491. The molecule has 0 saturated heterocycles. The summed E-state index contributed by atoms with van der Waals surface area (Å²) in [5.41, 5.74) is -0.0309. The van der Waals surface area contributed by atoms with Gasteiger partial charge in [0, 0.05) is 16.2 Å². The molecule has 0 bridgehead atoms. The van der Waals surface area contributed by atoms with Gasteiger partial charge in [-0.25, -0.2) is 9.18 Å². The second kappa shape index (κ2) is 8.41. The third-order valence-electron chi connectivity index (χ3n) is 3.78. The number of benzene rings is 2. The summed E-state index contributed by atoms with van der Waals surface area (Å²) in [7, 11) is 1.29. The molecular weight excluding hydrogens is 427 g/mol. The van der Waals surface area contributed by atoms with E-state index >= 15 is 0 Å². The summed E-state index contributed by atoms with van der Waals surface area (Å²) in [5, 5.41) is 13.9. The Labute approximate surface area is 171 Å². The zero-order valence-electron chi connectivity index (χ0n) is 14.7. The van der Waals surface area contributed by atoms with Crippen LogP contribution in [0.2, 0.25) is 5.02 Å². The van der Waals surface area contributed by atoms with Crippen LogP contribution in [-0.4, -0.2) is 30.5 Å². The number of thiophene rings is 1. The molecule has 0 aliphatic carbocycles. The summed E-state index contributed by atoms with van der Waals surface area (Å²) >= 11 is 7.09. The van der Waals surface area contributed by atoms with Gasteiger partial charge in [-0.2, -0.15) is 0 Å². The number of carbonyl (C=O) groups is 2. The van der Waals surface area contributed by atoms with Crippen molar-refractivity contribution in [3.05, 3.63) is 62.2 Å². The first-order chi connectivity index (χ1) is 13.8. The van der Waals surface area contributed by atoms with Crippen molar-refractivity contribution >= 4 is 56.3 Å². The highest BCUT2D eigenvalue weighted by atomic mass is 35.5. The van der Waals surface area contributed by atoms with Crippen molar-refractivity contribution in [2.45, 2.75) is 0 Å². The average Bonchev–Trinajstić information content (AvgIpc) is 3.02. The van der Waals surface area contributed by atoms with Crippen LogP contribution in [0.5, 0.6) is 5.75 Å². The first-order valence-corrected chi connectivity index (χ1v) is 9.16. The number of nitro groups is 1. The Morgan fingerprint density at radius 2 is 2.03 bits per heavy atom. The Morgan fingerprint density at radius 1 is 1.28 bits per heavy atom. The van der Waals surface area contributed by atoms with Crippen LogP contribution in [0.3, 0.4) is 0 Å². The van der Waals surface area contributed by atoms with Gasteiger partial charge in [0.25, 0.3) is 11.6 Å². The molecule has 8 nitrogen and oxygen atoms in total. The van der Waals surface area contributed by atoms with Crippen molar-refractivity contribution < 1.29 is 28.4 Å². The summed E-state index contributed by atoms with van der Waals surface area (Å²) in [6, 6.07) is 7.57. The van der Waals surface area contributed by atoms with E-state index < -0.39 is 29.2 Å². The highest BCUT2D eigenvalue weighted by molar-refractivity contribution is 7.21. The number of nitro benzene ring substituents is 1. The number of ether oxygens (including phenoxy) is 2. The lowest BCUT2D eigenvalue weighted by atomic mass is 10.2. The van der Waals surface area contributed by atoms with Gasteiger partial charge < -0.3 is 14.8 Å². The molecule has 2 aromatic carbocycles. The number of anilines is 1. The van der Waals surface area contributed by atoms with Gasteiger partial charge in [0.1, 0.15) is 16.4 Å². The lowest BCUT2D eigenvalue weighted by molar-refractivity contribution is -0.384. The van der Waals surface area contributed by atoms with Crippen LogP contribution >= 0.6 is 22.9 Å². The minimum atomic E-state index is -0.831. The predicted octanol–water partition coefficient (Wildman–Crippen LogP) is 4.41. The summed E-state index contributed by atoms with van der Waals surface area (Å²) in [6.45, 7) is -0.627. The van der Waals surface area contributed by atoms with Crippen molar-refractivity contribution in [3.63, 3.8) is 0 Å². The fourth-order valence-electron chi connectivity index (χ4n) is 2.45. The maximum absolute atomic E-state index is 13.3. The van der Waals surface area contributed by atoms with E-state index in [1.54, 1.807) is 0 Å². The van der Waals surface area contributed by atoms with Crippen molar-refractivity contribution in [2.24, 2.45) is 0 Å². The number of methoxy groups -OCH3 is 1. The molecule has 1 aromatic heterocycles. The summed E-state index contributed by atoms with van der Waals surface area (Å²) in [5.74, 6) is -1.91. The third-order valence-corrected chi connectivity index (χ3v) is 5.42. The highest BCUT2D eigenvalue weighted by Crippen LogP contribution is 2.36. The van der Waals surface area contributed by atoms with Crippen LogP contribution in [0, 0.1) is 15.9 Å². The summed E-state index contributed by atoms with van der Waals surface area (Å²) in [4.78, 5) is 34.6. The van der Waals surface area contributed by atoms with Crippen molar-refractivity contribution in [1.82, 2.24) is 0 Å². The van der Waals surface area contributed by atoms with E-state index in [-0.39, 0.29) is 27.0 Å². The van der Waals surface area contributed by atoms with Crippen molar-refractivity contribution in [1.29, 1.82) is 0 Å². The van der Waals surface area contributed by atoms with E-state index in [0.717, 1.165) is 17.4 Å². The lowest BCUT2D eigenvalue weighted by Gasteiger charge is -2.10. The smallest absolute Gasteiger partial charge is 0.350 e. The molecule has 150 valence electrons. The molecule has 0 atom stereocenters. The average molecular weight is 439 g/mol. The molecule has 3 aromatic rings. The molecule has 0 fully saturated rings. The summed E-state index contributed by atoms with van der Waals surface area (Å²) < 4.78 is 23.8. The van der Waals surface area contributed by atoms with E-state index in [0.29, 0.717) is 10.1 Å². The molecule has 0 radical (unpaired) electrons. The second-order valence-electron chi connectivity index (χ2n) is 5.65. The molecule has 29 heavy (non-hydrogen) atoms. The molecule has 0 aliphatic rings. The number of esters is 1. The van der Waals surface area contributed by atoms with E-state index in [4.69, 9.17) is 21.1 Å². The van der Waals surface area contributed by atoms with Crippen LogP contribution in [-0.2, 0) is 9.53 Å². The molecule has 11 heteroatoms. The molecular formula is C18H12ClFN2O6S. The maximum Gasteiger partial charge on any atom is 0.350 e. The van der Waals surface area contributed by atoms with Crippen LogP contribution < -0.4 is 10.1 Å². The first kappa shape index (κ1) is 20.5. The van der Waals surface area contributed by atoms with E-state index in [1.807, 2.05) is 0 Å². The Balaban J connectivity index is 1.67. The molecule has 0 saturated carbocycles. The van der Waals surface area contributed by atoms with Crippen LogP contribution in [0.4, 0.5) is 15.8 Å². The minimum Gasteiger partial charge on any atom is -0.494 e. The number of amides is 1. The Morgan fingerprint density at radius 3 is 2.72 bits per heavy atom. The first-order valence-electron chi connectivity index (χ1n) is 7.97. The molecule has 3 rings (SSSR count). The Kier molecular flexibility index (Phi) is 5.95. The zero-order chi connectivity index (χ0) is 21.1. The van der Waals surface area contributed by atoms with Gasteiger partial charge in [0.2, 0.25) is 0 Å². The fourth-order valence-corrected chi connectivity index (χ4v) is 3.88. The van der Waals surface area contributed by atoms with Gasteiger partial charge >= 0.3 is 5.97 Å². The molecule has 0 unspecified atom stereocenters. The second-order valence-corrected chi connectivity index (χ2v) is 7.08. The van der Waals surface area contributed by atoms with Gasteiger partial charge in [-0.15, -0.1) is 11.3 Å². The van der Waals surface area contributed by atoms with Crippen LogP contribution in [0.15, 0.2) is 36.4 Å². The lowest BCUT2D eigenvalue weighted by Crippen LogP contribution is -2.21. The standard InChI is InChI=1S/C18H12ClFN2O6S/c1-27-13-7-10(22(25)26)3-5-12(13)21-15(23)8-28-18(24)17-16(19)11-4-2-9(20)6-14(11)29-17/h2-7H,8H2,1H3,(H,21,23). The number of hydrogen-bond acceptors (Lipinski definition) is 7. The van der Waals surface area contributed by atoms with Crippen LogP contribution in [0.25, 0.3) is 10.1 Å². The molecule has 1 N–H and O–H groups in total. The predicted molar refractivity (Wildman–Crippen MR) is 105 cm³/mol. The quantitative estimate of drug-likeness (QED) is 0.347. The van der Waals surface area contributed by atoms with Gasteiger partial charge in [0.15, 0.2) is 6.61 Å². The number of carbonyl (C=O) groups excluding carboxylic acids is 2. The molecule has 0 spiro atoms. The third kappa shape index (κ3) is 4.44. The molecule has 1 heterocycles. The van der Waals surface area contributed by atoms with E-state index in [1.165, 1.54) is 37.4 Å². The zero-order valence-corrected chi connectivity index (χ0v) is 16.3. The number of rotatable bonds is 6.